The first-order chi connectivity index (χ1) is 21.5. The van der Waals surface area contributed by atoms with Gasteiger partial charge in [-0.15, -0.1) is 0 Å². The Morgan fingerprint density at radius 3 is 0.978 bits per heavy atom. The summed E-state index contributed by atoms with van der Waals surface area (Å²) in [4.78, 5) is 41.1. The van der Waals surface area contributed by atoms with E-state index in [0.717, 1.165) is 49.4 Å². The second kappa shape index (κ2) is 16.6. The molecule has 46 heavy (non-hydrogen) atoms. The summed E-state index contributed by atoms with van der Waals surface area (Å²) in [6, 6.07) is 20.7. The van der Waals surface area contributed by atoms with Gasteiger partial charge >= 0.3 is 17.9 Å². The molecular weight excluding hydrogens is 773 g/mol. The molecule has 3 aromatic carbocycles. The number of carboxylic acids is 3. The quantitative estimate of drug-likeness (QED) is 0.0973. The van der Waals surface area contributed by atoms with Crippen molar-refractivity contribution in [1.29, 1.82) is 0 Å². The topological polar surface area (TPSA) is 237 Å². The zero-order chi connectivity index (χ0) is 32.5. The van der Waals surface area contributed by atoms with E-state index in [4.69, 9.17) is 32.5 Å². The molecule has 245 valence electrons. The minimum atomic E-state index is -0.972. The summed E-state index contributed by atoms with van der Waals surface area (Å²) in [5.74, 6) is -2.92. The summed E-state index contributed by atoms with van der Waals surface area (Å²) in [5, 5.41) is 29.3. The van der Waals surface area contributed by atoms with E-state index in [-0.39, 0.29) is 22.4 Å². The number of aliphatic carboxylic acids is 3. The van der Waals surface area contributed by atoms with Gasteiger partial charge in [-0.25, -0.2) is 0 Å². The maximum Gasteiger partial charge on any atom is 0.320 e. The van der Waals surface area contributed by atoms with Crippen molar-refractivity contribution in [2.24, 2.45) is 17.2 Å². The standard InChI is InChI=1S/3C11H12N2O2.Au/c3*12-9(11(14)15)5-7-6-13-10-4-2-1-3-8(7)10;/h3*1-4,6,9,13H,5,12H2,(H,14,15);/t3*9-;/m000./s1. The SMILES string of the molecule is N[C@@H](Cc1c[nH]c2ccccc12)C(=O)O.N[C@@H](Cc1c[nH]c2ccccc12)C(=O)O.N[C@@H](Cc1c[nH]c2ccccc12)C(=O)O.[Au]. The summed E-state index contributed by atoms with van der Waals surface area (Å²) < 4.78 is 0. The van der Waals surface area contributed by atoms with Gasteiger partial charge in [-0.3, -0.25) is 14.4 Å². The molecule has 0 amide bonds. The molecule has 6 aromatic rings. The van der Waals surface area contributed by atoms with Crippen LogP contribution in [0.2, 0.25) is 0 Å². The fourth-order valence-electron chi connectivity index (χ4n) is 4.87. The van der Waals surface area contributed by atoms with Crippen LogP contribution in [-0.2, 0) is 56.0 Å². The van der Waals surface area contributed by atoms with Crippen LogP contribution in [0.5, 0.6) is 0 Å². The minimum Gasteiger partial charge on any atom is -0.480 e. The zero-order valence-electron chi connectivity index (χ0n) is 24.6. The first-order valence-electron chi connectivity index (χ1n) is 14.1. The van der Waals surface area contributed by atoms with Crippen molar-refractivity contribution >= 4 is 50.6 Å². The van der Waals surface area contributed by atoms with Crippen LogP contribution < -0.4 is 17.2 Å². The molecule has 3 atom stereocenters. The summed E-state index contributed by atoms with van der Waals surface area (Å²) in [6.45, 7) is 0. The van der Waals surface area contributed by atoms with Gasteiger partial charge in [0.05, 0.1) is 0 Å². The van der Waals surface area contributed by atoms with Crippen molar-refractivity contribution in [2.45, 2.75) is 37.4 Å². The number of nitrogens with one attached hydrogen (secondary N) is 3. The maximum atomic E-state index is 10.6. The Bertz CT molecular complexity index is 1700. The average molecular weight is 810 g/mol. The predicted octanol–water partition coefficient (Wildman–Crippen LogP) is 3.36. The molecule has 0 unspecified atom stereocenters. The van der Waals surface area contributed by atoms with Gasteiger partial charge in [-0.1, -0.05) is 54.6 Å². The van der Waals surface area contributed by atoms with Crippen LogP contribution in [0.4, 0.5) is 0 Å². The Hall–Kier alpha value is -4.69. The molecule has 0 saturated carbocycles. The Labute approximate surface area is 279 Å². The van der Waals surface area contributed by atoms with Crippen molar-refractivity contribution in [1.82, 2.24) is 15.0 Å². The molecule has 6 rings (SSSR count). The Balaban J connectivity index is 0.000000186. The molecular formula is C33H36AuN6O6. The van der Waals surface area contributed by atoms with Gasteiger partial charge in [0.15, 0.2) is 0 Å². The van der Waals surface area contributed by atoms with E-state index in [1.54, 1.807) is 0 Å². The molecule has 1 radical (unpaired) electrons. The zero-order valence-corrected chi connectivity index (χ0v) is 26.8. The third-order valence-electron chi connectivity index (χ3n) is 7.30. The van der Waals surface area contributed by atoms with Gasteiger partial charge < -0.3 is 47.5 Å². The number of para-hydroxylation sites is 3. The Morgan fingerprint density at radius 1 is 0.500 bits per heavy atom. The molecule has 0 bridgehead atoms. The number of fused-ring (bicyclic) bond motifs is 3. The monoisotopic (exact) mass is 809 g/mol. The van der Waals surface area contributed by atoms with Gasteiger partial charge in [-0.05, 0) is 34.9 Å². The summed E-state index contributed by atoms with van der Waals surface area (Å²) in [6.07, 6.45) is 6.48. The van der Waals surface area contributed by atoms with Crippen LogP contribution in [0, 0.1) is 0 Å². The minimum absolute atomic E-state index is 0. The largest absolute Gasteiger partial charge is 0.480 e. The fourth-order valence-corrected chi connectivity index (χ4v) is 4.87. The van der Waals surface area contributed by atoms with Crippen molar-refractivity contribution < 1.29 is 52.1 Å². The van der Waals surface area contributed by atoms with Crippen molar-refractivity contribution in [3.05, 3.63) is 108 Å². The normalized spacial score (nSPS) is 12.6. The molecule has 0 fully saturated rings. The van der Waals surface area contributed by atoms with E-state index >= 15 is 0 Å². The smallest absolute Gasteiger partial charge is 0.320 e. The van der Waals surface area contributed by atoms with Gasteiger partial charge in [0, 0.05) is 92.9 Å². The fraction of sp³-hybridized carbons (Fsp3) is 0.182. The van der Waals surface area contributed by atoms with Crippen LogP contribution in [0.3, 0.4) is 0 Å². The Kier molecular flexibility index (Phi) is 12.9. The first kappa shape index (κ1) is 35.8. The van der Waals surface area contributed by atoms with E-state index in [0.29, 0.717) is 19.3 Å². The number of carboxylic acid groups (broad SMARTS) is 3. The molecule has 0 saturated heterocycles. The van der Waals surface area contributed by atoms with Crippen LogP contribution in [0.15, 0.2) is 91.4 Å². The predicted molar refractivity (Wildman–Crippen MR) is 173 cm³/mol. The molecule has 3 aromatic heterocycles. The Morgan fingerprint density at radius 2 is 0.739 bits per heavy atom. The number of aromatic nitrogens is 3. The van der Waals surface area contributed by atoms with Gasteiger partial charge in [-0.2, -0.15) is 0 Å². The molecule has 13 heteroatoms. The second-order valence-corrected chi connectivity index (χ2v) is 10.5. The third-order valence-corrected chi connectivity index (χ3v) is 7.30. The molecule has 3 heterocycles. The molecule has 12 N–H and O–H groups in total. The number of hydrogen-bond acceptors (Lipinski definition) is 6. The van der Waals surface area contributed by atoms with Gasteiger partial charge in [0.25, 0.3) is 0 Å². The third kappa shape index (κ3) is 9.17. The van der Waals surface area contributed by atoms with E-state index in [9.17, 15) is 14.4 Å². The number of carbonyl (C=O) groups is 3. The summed E-state index contributed by atoms with van der Waals surface area (Å²) in [5.41, 5.74) is 22.3. The van der Waals surface area contributed by atoms with E-state index in [2.05, 4.69) is 15.0 Å². The average Bonchev–Trinajstić information content (AvgIpc) is 3.75. The number of benzene rings is 3. The molecule has 12 nitrogen and oxygen atoms in total. The molecule has 0 aliphatic heterocycles. The number of rotatable bonds is 9. The van der Waals surface area contributed by atoms with E-state index in [1.165, 1.54) is 0 Å². The van der Waals surface area contributed by atoms with E-state index < -0.39 is 36.0 Å². The van der Waals surface area contributed by atoms with Crippen LogP contribution in [0.25, 0.3) is 32.7 Å². The van der Waals surface area contributed by atoms with Crippen molar-refractivity contribution in [3.8, 4) is 0 Å². The summed E-state index contributed by atoms with van der Waals surface area (Å²) in [7, 11) is 0. The number of nitrogens with two attached hydrogens (primary N) is 3. The maximum absolute atomic E-state index is 10.6. The van der Waals surface area contributed by atoms with E-state index in [1.807, 2.05) is 91.4 Å². The number of H-pyrrole nitrogens is 3. The van der Waals surface area contributed by atoms with Crippen LogP contribution in [0.1, 0.15) is 16.7 Å². The van der Waals surface area contributed by atoms with Crippen LogP contribution in [-0.4, -0.2) is 66.3 Å². The van der Waals surface area contributed by atoms with Gasteiger partial charge in [0.2, 0.25) is 0 Å². The molecule has 0 aliphatic carbocycles. The van der Waals surface area contributed by atoms with Crippen LogP contribution >= 0.6 is 0 Å². The first-order valence-corrected chi connectivity index (χ1v) is 14.1. The van der Waals surface area contributed by atoms with Crippen molar-refractivity contribution in [3.63, 3.8) is 0 Å². The summed E-state index contributed by atoms with van der Waals surface area (Å²) >= 11 is 0. The number of hydrogen-bond donors (Lipinski definition) is 9. The number of aromatic amines is 3. The second-order valence-electron chi connectivity index (χ2n) is 10.5. The molecule has 0 aliphatic rings. The van der Waals surface area contributed by atoms with Gasteiger partial charge in [0.1, 0.15) is 18.1 Å². The molecule has 0 spiro atoms. The van der Waals surface area contributed by atoms with Crippen molar-refractivity contribution in [2.75, 3.05) is 0 Å².